The summed E-state index contributed by atoms with van der Waals surface area (Å²) in [5, 5.41) is 20.9. The van der Waals surface area contributed by atoms with Crippen molar-refractivity contribution >= 4 is 12.0 Å². The molecule has 2 N–H and O–H groups in total. The van der Waals surface area contributed by atoms with E-state index in [2.05, 4.69) is 5.32 Å². The van der Waals surface area contributed by atoms with Crippen molar-refractivity contribution in [2.45, 2.75) is 13.2 Å². The number of benzene rings is 2. The Morgan fingerprint density at radius 3 is 2.36 bits per heavy atom. The molecule has 0 aliphatic rings. The summed E-state index contributed by atoms with van der Waals surface area (Å²) in [6.07, 6.45) is 0. The van der Waals surface area contributed by atoms with Gasteiger partial charge in [0.05, 0.1) is 18.2 Å². The van der Waals surface area contributed by atoms with E-state index in [-0.39, 0.29) is 13.2 Å². The van der Waals surface area contributed by atoms with Gasteiger partial charge in [0.1, 0.15) is 13.2 Å². The van der Waals surface area contributed by atoms with Crippen molar-refractivity contribution in [3.05, 3.63) is 71.3 Å². The minimum absolute atomic E-state index is 0.115. The fourth-order valence-electron chi connectivity index (χ4n) is 1.99. The van der Waals surface area contributed by atoms with Gasteiger partial charge in [-0.2, -0.15) is 10.3 Å². The molecule has 0 radical (unpaired) electrons. The first-order valence-electron chi connectivity index (χ1n) is 7.51. The monoisotopic (exact) mass is 339 g/mol. The minimum atomic E-state index is -1.14. The normalized spacial score (nSPS) is 9.88. The maximum absolute atomic E-state index is 12.2. The molecule has 7 nitrogen and oxygen atoms in total. The van der Waals surface area contributed by atoms with Crippen molar-refractivity contribution in [3.63, 3.8) is 0 Å². The molecule has 0 fully saturated rings. The van der Waals surface area contributed by atoms with Crippen LogP contribution >= 0.6 is 0 Å². The number of nitriles is 1. The van der Waals surface area contributed by atoms with E-state index in [1.807, 2.05) is 36.4 Å². The summed E-state index contributed by atoms with van der Waals surface area (Å²) in [4.78, 5) is 28.3. The van der Waals surface area contributed by atoms with Crippen LogP contribution in [0.5, 0.6) is 0 Å². The summed E-state index contributed by atoms with van der Waals surface area (Å²) in [5.41, 5.74) is 2.13. The predicted octanol–water partition coefficient (Wildman–Crippen LogP) is 2.29. The van der Waals surface area contributed by atoms with Gasteiger partial charge in [0.25, 0.3) is 0 Å². The van der Waals surface area contributed by atoms with Gasteiger partial charge in [-0.3, -0.25) is 9.63 Å². The van der Waals surface area contributed by atoms with Crippen LogP contribution in [0.1, 0.15) is 16.7 Å². The number of carbonyl (C=O) groups excluding carboxylic acids is 1. The van der Waals surface area contributed by atoms with Gasteiger partial charge in [-0.25, -0.2) is 4.79 Å². The summed E-state index contributed by atoms with van der Waals surface area (Å²) in [7, 11) is 0. The maximum atomic E-state index is 12.2. The first kappa shape index (κ1) is 18.0. The Morgan fingerprint density at radius 1 is 1.08 bits per heavy atom. The molecule has 2 aromatic carbocycles. The summed E-state index contributed by atoms with van der Waals surface area (Å²) in [5.74, 6) is -1.14. The lowest BCUT2D eigenvalue weighted by Gasteiger charge is -2.22. The topological polar surface area (TPSA) is 103 Å². The highest BCUT2D eigenvalue weighted by atomic mass is 16.7. The number of aliphatic carboxylic acids is 1. The van der Waals surface area contributed by atoms with Gasteiger partial charge in [0.2, 0.25) is 0 Å². The number of carboxylic acid groups (broad SMARTS) is 1. The van der Waals surface area contributed by atoms with Crippen molar-refractivity contribution in [2.24, 2.45) is 0 Å². The SMILES string of the molecule is N#Cc1ccc(CN(OCc2ccccc2)C(=O)NCC(=O)O)cc1. The smallest absolute Gasteiger partial charge is 0.342 e. The van der Waals surface area contributed by atoms with Gasteiger partial charge < -0.3 is 10.4 Å². The van der Waals surface area contributed by atoms with Crippen LogP contribution in [0.25, 0.3) is 0 Å². The number of hydrogen-bond acceptors (Lipinski definition) is 4. The Labute approximate surface area is 145 Å². The standard InChI is InChI=1S/C18H17N3O4/c19-10-14-6-8-15(9-7-14)12-21(18(24)20-11-17(22)23)25-13-16-4-2-1-3-5-16/h1-9H,11-13H2,(H,20,24)(H,22,23). The number of amides is 2. The molecular formula is C18H17N3O4. The molecule has 0 bridgehead atoms. The molecule has 2 amide bonds. The Kier molecular flexibility index (Phi) is 6.51. The summed E-state index contributed by atoms with van der Waals surface area (Å²) in [6, 6.07) is 17.4. The molecule has 2 aromatic rings. The molecule has 0 aromatic heterocycles. The Bertz CT molecular complexity index is 754. The number of nitrogens with zero attached hydrogens (tertiary/aromatic N) is 2. The number of urea groups is 1. The van der Waals surface area contributed by atoms with Crippen molar-refractivity contribution in [3.8, 4) is 6.07 Å². The van der Waals surface area contributed by atoms with Gasteiger partial charge in [-0.15, -0.1) is 0 Å². The molecule has 0 atom stereocenters. The van der Waals surface area contributed by atoms with Crippen molar-refractivity contribution in [1.82, 2.24) is 10.4 Å². The summed E-state index contributed by atoms with van der Waals surface area (Å²) >= 11 is 0. The number of rotatable bonds is 7. The summed E-state index contributed by atoms with van der Waals surface area (Å²) in [6.45, 7) is -0.223. The zero-order chi connectivity index (χ0) is 18.1. The molecule has 0 unspecified atom stereocenters. The van der Waals surface area contributed by atoms with Gasteiger partial charge >= 0.3 is 12.0 Å². The minimum Gasteiger partial charge on any atom is -0.480 e. The first-order chi connectivity index (χ1) is 12.1. The van der Waals surface area contributed by atoms with E-state index in [0.717, 1.165) is 16.2 Å². The van der Waals surface area contributed by atoms with E-state index in [0.29, 0.717) is 5.56 Å². The molecule has 0 heterocycles. The van der Waals surface area contributed by atoms with Gasteiger partial charge in [0, 0.05) is 0 Å². The lowest BCUT2D eigenvalue weighted by atomic mass is 10.1. The lowest BCUT2D eigenvalue weighted by molar-refractivity contribution is -0.140. The van der Waals surface area contributed by atoms with Crippen LogP contribution in [-0.2, 0) is 22.8 Å². The fraction of sp³-hybridized carbons (Fsp3) is 0.167. The van der Waals surface area contributed by atoms with Crippen LogP contribution in [0.2, 0.25) is 0 Å². The number of carboxylic acids is 1. The van der Waals surface area contributed by atoms with Crippen LogP contribution in [-0.4, -0.2) is 28.7 Å². The van der Waals surface area contributed by atoms with Crippen molar-refractivity contribution in [2.75, 3.05) is 6.54 Å². The maximum Gasteiger partial charge on any atom is 0.342 e. The highest BCUT2D eigenvalue weighted by molar-refractivity contribution is 5.79. The van der Waals surface area contributed by atoms with Gasteiger partial charge in [-0.1, -0.05) is 42.5 Å². The van der Waals surface area contributed by atoms with Gasteiger partial charge in [0.15, 0.2) is 0 Å². The van der Waals surface area contributed by atoms with Crippen molar-refractivity contribution in [1.29, 1.82) is 5.26 Å². The number of hydrogen-bond donors (Lipinski definition) is 2. The molecule has 2 rings (SSSR count). The lowest BCUT2D eigenvalue weighted by Crippen LogP contribution is -2.41. The zero-order valence-electron chi connectivity index (χ0n) is 13.4. The van der Waals surface area contributed by atoms with E-state index >= 15 is 0 Å². The van der Waals surface area contributed by atoms with Crippen LogP contribution < -0.4 is 5.32 Å². The van der Waals surface area contributed by atoms with E-state index in [9.17, 15) is 9.59 Å². The first-order valence-corrected chi connectivity index (χ1v) is 7.51. The third-order valence-corrected chi connectivity index (χ3v) is 3.26. The highest BCUT2D eigenvalue weighted by Gasteiger charge is 2.16. The third-order valence-electron chi connectivity index (χ3n) is 3.26. The molecule has 0 aliphatic carbocycles. The van der Waals surface area contributed by atoms with E-state index in [1.165, 1.54) is 0 Å². The quantitative estimate of drug-likeness (QED) is 0.753. The molecule has 128 valence electrons. The second-order valence-corrected chi connectivity index (χ2v) is 5.16. The Morgan fingerprint density at radius 2 is 1.76 bits per heavy atom. The van der Waals surface area contributed by atoms with Crippen LogP contribution in [0.3, 0.4) is 0 Å². The van der Waals surface area contributed by atoms with E-state index < -0.39 is 18.5 Å². The molecule has 25 heavy (non-hydrogen) atoms. The second kappa shape index (κ2) is 9.05. The van der Waals surface area contributed by atoms with Crippen LogP contribution in [0.15, 0.2) is 54.6 Å². The fourth-order valence-corrected chi connectivity index (χ4v) is 1.99. The second-order valence-electron chi connectivity index (χ2n) is 5.16. The average molecular weight is 339 g/mol. The van der Waals surface area contributed by atoms with Crippen molar-refractivity contribution < 1.29 is 19.5 Å². The van der Waals surface area contributed by atoms with E-state index in [1.54, 1.807) is 24.3 Å². The van der Waals surface area contributed by atoms with Crippen LogP contribution in [0, 0.1) is 11.3 Å². The molecule has 0 saturated carbocycles. The molecular weight excluding hydrogens is 322 g/mol. The van der Waals surface area contributed by atoms with E-state index in [4.69, 9.17) is 15.2 Å². The Hall–Kier alpha value is -3.37. The summed E-state index contributed by atoms with van der Waals surface area (Å²) < 4.78 is 0. The van der Waals surface area contributed by atoms with Gasteiger partial charge in [-0.05, 0) is 23.3 Å². The zero-order valence-corrected chi connectivity index (χ0v) is 13.4. The third kappa shape index (κ3) is 5.97. The molecule has 7 heteroatoms. The predicted molar refractivity (Wildman–Crippen MR) is 89.0 cm³/mol. The largest absolute Gasteiger partial charge is 0.480 e. The molecule has 0 spiro atoms. The number of hydroxylamine groups is 2. The highest BCUT2D eigenvalue weighted by Crippen LogP contribution is 2.10. The average Bonchev–Trinajstić information content (AvgIpc) is 2.64. The Balaban J connectivity index is 2.05. The number of carbonyl (C=O) groups is 2. The molecule has 0 saturated heterocycles. The number of nitrogens with one attached hydrogen (secondary N) is 1. The van der Waals surface area contributed by atoms with Crippen LogP contribution in [0.4, 0.5) is 4.79 Å². The molecule has 0 aliphatic heterocycles.